The van der Waals surface area contributed by atoms with Crippen LogP contribution in [0, 0.1) is 0 Å². The standard InChI is InChI=1S/C19H24N4O3/c1-2-24-16-6-4-3-5-15(16)21-18-20-10-7-17(22-18)23-11-8-19(9-12-23)25-13-14-26-19/h3-7,10H,2,8-9,11-14H2,1H3,(H,20,21,22). The van der Waals surface area contributed by atoms with Gasteiger partial charge in [-0.1, -0.05) is 12.1 Å². The molecule has 2 aliphatic heterocycles. The zero-order valence-electron chi connectivity index (χ0n) is 15.0. The Kier molecular flexibility index (Phi) is 4.90. The Morgan fingerprint density at radius 2 is 1.92 bits per heavy atom. The van der Waals surface area contributed by atoms with Gasteiger partial charge in [0.25, 0.3) is 0 Å². The lowest BCUT2D eigenvalue weighted by molar-refractivity contribution is -0.169. The SMILES string of the molecule is CCOc1ccccc1Nc1nccc(N2CCC3(CC2)OCCO3)n1. The normalized spacial score (nSPS) is 18.9. The van der Waals surface area contributed by atoms with E-state index in [-0.39, 0.29) is 5.79 Å². The summed E-state index contributed by atoms with van der Waals surface area (Å²) in [4.78, 5) is 11.3. The molecule has 0 saturated carbocycles. The number of hydrogen-bond donors (Lipinski definition) is 1. The molecule has 138 valence electrons. The molecule has 3 heterocycles. The van der Waals surface area contributed by atoms with Crippen molar-refractivity contribution in [3.63, 3.8) is 0 Å². The molecule has 1 aromatic heterocycles. The molecule has 7 heteroatoms. The van der Waals surface area contributed by atoms with Gasteiger partial charge < -0.3 is 24.4 Å². The molecule has 2 saturated heterocycles. The smallest absolute Gasteiger partial charge is 0.229 e. The van der Waals surface area contributed by atoms with Crippen LogP contribution in [0.15, 0.2) is 36.5 Å². The van der Waals surface area contributed by atoms with Crippen LogP contribution in [0.3, 0.4) is 0 Å². The highest BCUT2D eigenvalue weighted by Gasteiger charge is 2.40. The molecular formula is C19H24N4O3. The Balaban J connectivity index is 1.46. The summed E-state index contributed by atoms with van der Waals surface area (Å²) >= 11 is 0. The molecule has 0 amide bonds. The van der Waals surface area contributed by atoms with Gasteiger partial charge in [0.05, 0.1) is 25.5 Å². The third-order valence-electron chi connectivity index (χ3n) is 4.74. The predicted molar refractivity (Wildman–Crippen MR) is 99.0 cm³/mol. The highest BCUT2D eigenvalue weighted by atomic mass is 16.7. The molecule has 2 aliphatic rings. The first kappa shape index (κ1) is 17.1. The van der Waals surface area contributed by atoms with Crippen molar-refractivity contribution in [3.8, 4) is 5.75 Å². The molecule has 1 N–H and O–H groups in total. The number of anilines is 3. The van der Waals surface area contributed by atoms with E-state index in [1.54, 1.807) is 6.20 Å². The first-order chi connectivity index (χ1) is 12.8. The van der Waals surface area contributed by atoms with Crippen molar-refractivity contribution in [1.82, 2.24) is 9.97 Å². The van der Waals surface area contributed by atoms with Crippen LogP contribution in [0.2, 0.25) is 0 Å². The summed E-state index contributed by atoms with van der Waals surface area (Å²) in [6, 6.07) is 9.74. The largest absolute Gasteiger partial charge is 0.492 e. The van der Waals surface area contributed by atoms with Crippen molar-refractivity contribution < 1.29 is 14.2 Å². The van der Waals surface area contributed by atoms with E-state index >= 15 is 0 Å². The minimum atomic E-state index is -0.374. The highest BCUT2D eigenvalue weighted by Crippen LogP contribution is 2.33. The van der Waals surface area contributed by atoms with Crippen molar-refractivity contribution >= 4 is 17.5 Å². The number of piperidine rings is 1. The fraction of sp³-hybridized carbons (Fsp3) is 0.474. The molecule has 7 nitrogen and oxygen atoms in total. The van der Waals surface area contributed by atoms with Gasteiger partial charge in [0.1, 0.15) is 11.6 Å². The van der Waals surface area contributed by atoms with E-state index in [1.165, 1.54) is 0 Å². The van der Waals surface area contributed by atoms with E-state index in [1.807, 2.05) is 37.3 Å². The Labute approximate surface area is 153 Å². The number of rotatable bonds is 5. The van der Waals surface area contributed by atoms with Gasteiger partial charge in [0.15, 0.2) is 5.79 Å². The third kappa shape index (κ3) is 3.59. The summed E-state index contributed by atoms with van der Waals surface area (Å²) in [5.74, 6) is 1.88. The highest BCUT2D eigenvalue weighted by molar-refractivity contribution is 5.63. The summed E-state index contributed by atoms with van der Waals surface area (Å²) in [6.45, 7) is 5.67. The van der Waals surface area contributed by atoms with E-state index in [0.29, 0.717) is 25.8 Å². The maximum Gasteiger partial charge on any atom is 0.229 e. The first-order valence-corrected chi connectivity index (χ1v) is 9.13. The van der Waals surface area contributed by atoms with Gasteiger partial charge in [0.2, 0.25) is 5.95 Å². The van der Waals surface area contributed by atoms with Crippen LogP contribution in [-0.2, 0) is 9.47 Å². The quantitative estimate of drug-likeness (QED) is 0.883. The molecule has 4 rings (SSSR count). The average molecular weight is 356 g/mol. The number of hydrogen-bond acceptors (Lipinski definition) is 7. The van der Waals surface area contributed by atoms with Gasteiger partial charge in [-0.25, -0.2) is 4.98 Å². The molecule has 0 bridgehead atoms. The van der Waals surface area contributed by atoms with Crippen molar-refractivity contribution in [1.29, 1.82) is 0 Å². The van der Waals surface area contributed by atoms with Crippen LogP contribution >= 0.6 is 0 Å². The fourth-order valence-corrected chi connectivity index (χ4v) is 3.42. The fourth-order valence-electron chi connectivity index (χ4n) is 3.42. The second-order valence-corrected chi connectivity index (χ2v) is 6.39. The van der Waals surface area contributed by atoms with Crippen molar-refractivity contribution in [2.75, 3.05) is 43.1 Å². The minimum Gasteiger partial charge on any atom is -0.492 e. The molecule has 0 atom stereocenters. The van der Waals surface area contributed by atoms with Crippen LogP contribution in [0.5, 0.6) is 5.75 Å². The Hall–Kier alpha value is -2.38. The van der Waals surface area contributed by atoms with Gasteiger partial charge >= 0.3 is 0 Å². The number of nitrogens with one attached hydrogen (secondary N) is 1. The van der Waals surface area contributed by atoms with Crippen LogP contribution in [-0.4, -0.2) is 48.7 Å². The maximum atomic E-state index is 5.80. The van der Waals surface area contributed by atoms with Crippen molar-refractivity contribution in [2.45, 2.75) is 25.6 Å². The summed E-state index contributed by atoms with van der Waals surface area (Å²) < 4.78 is 17.2. The zero-order chi connectivity index (χ0) is 17.8. The van der Waals surface area contributed by atoms with Crippen molar-refractivity contribution in [3.05, 3.63) is 36.5 Å². The zero-order valence-corrected chi connectivity index (χ0v) is 15.0. The summed E-state index contributed by atoms with van der Waals surface area (Å²) in [5.41, 5.74) is 0.858. The van der Waals surface area contributed by atoms with E-state index in [2.05, 4.69) is 20.2 Å². The lowest BCUT2D eigenvalue weighted by atomic mass is 10.0. The van der Waals surface area contributed by atoms with Crippen LogP contribution in [0.25, 0.3) is 0 Å². The Morgan fingerprint density at radius 1 is 1.15 bits per heavy atom. The van der Waals surface area contributed by atoms with E-state index in [9.17, 15) is 0 Å². The molecule has 0 aliphatic carbocycles. The average Bonchev–Trinajstić information content (AvgIpc) is 3.12. The number of ether oxygens (including phenoxy) is 3. The summed E-state index contributed by atoms with van der Waals surface area (Å²) in [7, 11) is 0. The molecule has 2 fully saturated rings. The predicted octanol–water partition coefficient (Wildman–Crippen LogP) is 2.96. The number of para-hydroxylation sites is 2. The molecule has 26 heavy (non-hydrogen) atoms. The molecule has 1 spiro atoms. The van der Waals surface area contributed by atoms with Gasteiger partial charge in [-0.2, -0.15) is 4.98 Å². The monoisotopic (exact) mass is 356 g/mol. The molecule has 1 aromatic carbocycles. The molecule has 2 aromatic rings. The molecule has 0 radical (unpaired) electrons. The van der Waals surface area contributed by atoms with Gasteiger partial charge in [-0.3, -0.25) is 0 Å². The molecule has 0 unspecified atom stereocenters. The summed E-state index contributed by atoms with van der Waals surface area (Å²) in [5, 5.41) is 3.26. The summed E-state index contributed by atoms with van der Waals surface area (Å²) in [6.07, 6.45) is 3.49. The maximum absolute atomic E-state index is 5.80. The Bertz CT molecular complexity index is 739. The van der Waals surface area contributed by atoms with Crippen LogP contribution < -0.4 is 15.0 Å². The van der Waals surface area contributed by atoms with E-state index < -0.39 is 0 Å². The number of aromatic nitrogens is 2. The second-order valence-electron chi connectivity index (χ2n) is 6.39. The minimum absolute atomic E-state index is 0.374. The van der Waals surface area contributed by atoms with Crippen LogP contribution in [0.4, 0.5) is 17.5 Å². The van der Waals surface area contributed by atoms with E-state index in [4.69, 9.17) is 14.2 Å². The first-order valence-electron chi connectivity index (χ1n) is 9.13. The van der Waals surface area contributed by atoms with Crippen LogP contribution in [0.1, 0.15) is 19.8 Å². The Morgan fingerprint density at radius 3 is 2.69 bits per heavy atom. The van der Waals surface area contributed by atoms with Gasteiger partial charge in [0, 0.05) is 32.1 Å². The second kappa shape index (κ2) is 7.47. The number of benzene rings is 1. The number of nitrogens with zero attached hydrogens (tertiary/aromatic N) is 3. The third-order valence-corrected chi connectivity index (χ3v) is 4.74. The van der Waals surface area contributed by atoms with Crippen molar-refractivity contribution in [2.24, 2.45) is 0 Å². The van der Waals surface area contributed by atoms with Gasteiger partial charge in [-0.15, -0.1) is 0 Å². The lowest BCUT2D eigenvalue weighted by Gasteiger charge is -2.38. The molecular weight excluding hydrogens is 332 g/mol. The topological polar surface area (TPSA) is 68.7 Å². The van der Waals surface area contributed by atoms with E-state index in [0.717, 1.165) is 43.2 Å². The van der Waals surface area contributed by atoms with Gasteiger partial charge in [-0.05, 0) is 25.1 Å². The lowest BCUT2D eigenvalue weighted by Crippen LogP contribution is -2.45.